The van der Waals surface area contributed by atoms with Crippen LogP contribution in [0.3, 0.4) is 0 Å². The number of hydrogen-bond acceptors (Lipinski definition) is 7. The molecule has 0 bridgehead atoms. The Kier molecular flexibility index (Phi) is 6.08. The van der Waals surface area contributed by atoms with Crippen LogP contribution in [0, 0.1) is 16.0 Å². The lowest BCUT2D eigenvalue weighted by Crippen LogP contribution is -2.27. The minimum Gasteiger partial charge on any atom is -0.378 e. The number of benzene rings is 1. The zero-order valence-corrected chi connectivity index (χ0v) is 15.7. The van der Waals surface area contributed by atoms with E-state index in [0.717, 1.165) is 31.2 Å². The molecule has 3 rings (SSSR count). The van der Waals surface area contributed by atoms with Gasteiger partial charge in [0.2, 0.25) is 11.8 Å². The molecule has 2 aromatic rings. The summed E-state index contributed by atoms with van der Waals surface area (Å²) in [5.41, 5.74) is 12.9. The molecule has 0 amide bonds. The molecule has 1 aliphatic carbocycles. The molecule has 0 radical (unpaired) electrons. The molecule has 1 aromatic heterocycles. The van der Waals surface area contributed by atoms with Gasteiger partial charge in [0.15, 0.2) is 0 Å². The number of hydrogen-bond donors (Lipinski definition) is 3. The van der Waals surface area contributed by atoms with E-state index in [1.165, 1.54) is 0 Å². The van der Waals surface area contributed by atoms with E-state index in [1.807, 2.05) is 18.2 Å². The molecule has 1 aromatic carbocycles. The molecular formula is C18H23ClN6O2. The Balaban J connectivity index is 1.80. The summed E-state index contributed by atoms with van der Waals surface area (Å²) >= 11 is 6.16. The van der Waals surface area contributed by atoms with Crippen molar-refractivity contribution in [2.24, 2.45) is 11.7 Å². The fraction of sp³-hybridized carbons (Fsp3) is 0.444. The average Bonchev–Trinajstić information content (AvgIpc) is 2.62. The highest BCUT2D eigenvalue weighted by Gasteiger charge is 2.27. The van der Waals surface area contributed by atoms with Crippen LogP contribution in [-0.2, 0) is 13.0 Å². The highest BCUT2D eigenvalue weighted by Crippen LogP contribution is 2.32. The molecule has 144 valence electrons. The molecule has 1 aliphatic rings. The zero-order valence-electron chi connectivity index (χ0n) is 14.9. The Morgan fingerprint density at radius 3 is 2.59 bits per heavy atom. The van der Waals surface area contributed by atoms with E-state index >= 15 is 0 Å². The number of anilines is 2. The van der Waals surface area contributed by atoms with Crippen LogP contribution >= 0.6 is 11.6 Å². The van der Waals surface area contributed by atoms with Crippen LogP contribution in [0.4, 0.5) is 17.5 Å². The van der Waals surface area contributed by atoms with Gasteiger partial charge in [0, 0.05) is 17.6 Å². The Bertz CT molecular complexity index is 823. The molecule has 0 atom stereocenters. The Morgan fingerprint density at radius 1 is 1.22 bits per heavy atom. The summed E-state index contributed by atoms with van der Waals surface area (Å²) in [6, 6.07) is 7.63. The van der Waals surface area contributed by atoms with Crippen LogP contribution in [0.15, 0.2) is 24.3 Å². The Hall–Kier alpha value is -2.45. The summed E-state index contributed by atoms with van der Waals surface area (Å²) in [7, 11) is 0. The van der Waals surface area contributed by atoms with Crippen LogP contribution in [0.1, 0.15) is 36.9 Å². The van der Waals surface area contributed by atoms with Gasteiger partial charge in [-0.1, -0.05) is 29.8 Å². The number of rotatable bonds is 6. The first kappa shape index (κ1) is 19.3. The fourth-order valence-corrected chi connectivity index (χ4v) is 3.63. The number of nitrogens with zero attached hydrogens (tertiary/aromatic N) is 3. The van der Waals surface area contributed by atoms with E-state index in [2.05, 4.69) is 15.3 Å². The number of nitro groups is 1. The summed E-state index contributed by atoms with van der Waals surface area (Å²) in [6.07, 6.45) is 4.22. The maximum Gasteiger partial charge on any atom is 0.332 e. The van der Waals surface area contributed by atoms with Gasteiger partial charge in [-0.2, -0.15) is 4.98 Å². The molecule has 0 unspecified atom stereocenters. The molecular weight excluding hydrogens is 368 g/mol. The first-order chi connectivity index (χ1) is 12.9. The molecule has 0 aliphatic heterocycles. The molecule has 1 fully saturated rings. The van der Waals surface area contributed by atoms with Crippen molar-refractivity contribution in [2.75, 3.05) is 11.1 Å². The number of halogens is 1. The van der Waals surface area contributed by atoms with E-state index < -0.39 is 4.92 Å². The van der Waals surface area contributed by atoms with Crippen molar-refractivity contribution in [3.8, 4) is 0 Å². The van der Waals surface area contributed by atoms with E-state index in [4.69, 9.17) is 23.1 Å². The quantitative estimate of drug-likeness (QED) is 0.509. The fourth-order valence-electron chi connectivity index (χ4n) is 3.42. The maximum atomic E-state index is 11.5. The molecule has 27 heavy (non-hydrogen) atoms. The third-order valence-electron chi connectivity index (χ3n) is 4.93. The van der Waals surface area contributed by atoms with Gasteiger partial charge in [-0.05, 0) is 49.7 Å². The summed E-state index contributed by atoms with van der Waals surface area (Å²) in [4.78, 5) is 19.4. The van der Waals surface area contributed by atoms with Crippen molar-refractivity contribution in [2.45, 2.75) is 44.7 Å². The van der Waals surface area contributed by atoms with Gasteiger partial charge >= 0.3 is 5.69 Å². The summed E-state index contributed by atoms with van der Waals surface area (Å²) in [6.45, 7) is 0.397. The van der Waals surface area contributed by atoms with Crippen molar-refractivity contribution in [1.29, 1.82) is 0 Å². The summed E-state index contributed by atoms with van der Waals surface area (Å²) < 4.78 is 0. The topological polar surface area (TPSA) is 133 Å². The van der Waals surface area contributed by atoms with Crippen LogP contribution in [-0.4, -0.2) is 20.9 Å². The lowest BCUT2D eigenvalue weighted by Gasteiger charge is -2.25. The van der Waals surface area contributed by atoms with Gasteiger partial charge in [-0.15, -0.1) is 0 Å². The lowest BCUT2D eigenvalue weighted by atomic mass is 9.83. The molecule has 1 heterocycles. The third kappa shape index (κ3) is 4.84. The van der Waals surface area contributed by atoms with Crippen LogP contribution in [0.25, 0.3) is 0 Å². The number of nitrogens with two attached hydrogens (primary N) is 2. The SMILES string of the molecule is Nc1nc(NCc2ccccc2Cl)nc(C[C@H]2CC[C@H](N)CC2)c1[N+](=O)[O-]. The zero-order chi connectivity index (χ0) is 19.4. The molecule has 8 nitrogen and oxygen atoms in total. The number of aromatic nitrogens is 2. The van der Waals surface area contributed by atoms with Crippen LogP contribution < -0.4 is 16.8 Å². The second-order valence-corrected chi connectivity index (χ2v) is 7.32. The summed E-state index contributed by atoms with van der Waals surface area (Å²) in [5.74, 6) is 0.453. The smallest absolute Gasteiger partial charge is 0.332 e. The van der Waals surface area contributed by atoms with E-state index in [-0.39, 0.29) is 23.5 Å². The molecule has 5 N–H and O–H groups in total. The van der Waals surface area contributed by atoms with Gasteiger partial charge in [-0.25, -0.2) is 4.98 Å². The normalized spacial score (nSPS) is 19.6. The van der Waals surface area contributed by atoms with Gasteiger partial charge < -0.3 is 16.8 Å². The van der Waals surface area contributed by atoms with Crippen molar-refractivity contribution >= 4 is 29.1 Å². The highest BCUT2D eigenvalue weighted by molar-refractivity contribution is 6.31. The Labute approximate surface area is 162 Å². The van der Waals surface area contributed by atoms with Crippen molar-refractivity contribution in [3.05, 3.63) is 50.7 Å². The first-order valence-corrected chi connectivity index (χ1v) is 9.35. The van der Waals surface area contributed by atoms with Crippen LogP contribution in [0.5, 0.6) is 0 Å². The van der Waals surface area contributed by atoms with E-state index in [1.54, 1.807) is 6.07 Å². The highest BCUT2D eigenvalue weighted by atomic mass is 35.5. The maximum absolute atomic E-state index is 11.5. The minimum atomic E-state index is -0.503. The number of nitrogens with one attached hydrogen (secondary N) is 1. The van der Waals surface area contributed by atoms with Gasteiger partial charge in [-0.3, -0.25) is 10.1 Å². The number of nitrogen functional groups attached to an aromatic ring is 1. The van der Waals surface area contributed by atoms with Crippen molar-refractivity contribution in [3.63, 3.8) is 0 Å². The molecule has 0 spiro atoms. The summed E-state index contributed by atoms with van der Waals surface area (Å²) in [5, 5.41) is 15.1. The predicted molar refractivity (Wildman–Crippen MR) is 106 cm³/mol. The van der Waals surface area contributed by atoms with Gasteiger partial charge in [0.1, 0.15) is 5.69 Å². The monoisotopic (exact) mass is 390 g/mol. The van der Waals surface area contributed by atoms with E-state index in [9.17, 15) is 10.1 Å². The van der Waals surface area contributed by atoms with E-state index in [0.29, 0.717) is 29.6 Å². The lowest BCUT2D eigenvalue weighted by molar-refractivity contribution is -0.385. The van der Waals surface area contributed by atoms with Gasteiger partial charge in [0.05, 0.1) is 4.92 Å². The van der Waals surface area contributed by atoms with Crippen LogP contribution in [0.2, 0.25) is 5.02 Å². The average molecular weight is 391 g/mol. The standard InChI is InChI=1S/C18H23ClN6O2/c19-14-4-2-1-3-12(14)10-22-18-23-15(16(25(26)27)17(21)24-18)9-11-5-7-13(20)8-6-11/h1-4,11,13H,5-10,20H2,(H3,21,22,23,24)/t11-,13-. The third-order valence-corrected chi connectivity index (χ3v) is 5.30. The van der Waals surface area contributed by atoms with Crippen molar-refractivity contribution < 1.29 is 4.92 Å². The second-order valence-electron chi connectivity index (χ2n) is 6.91. The largest absolute Gasteiger partial charge is 0.378 e. The molecule has 0 saturated heterocycles. The van der Waals surface area contributed by atoms with Crippen molar-refractivity contribution in [1.82, 2.24) is 9.97 Å². The molecule has 1 saturated carbocycles. The first-order valence-electron chi connectivity index (χ1n) is 8.97. The minimum absolute atomic E-state index is 0.126. The Morgan fingerprint density at radius 2 is 1.93 bits per heavy atom. The second kappa shape index (κ2) is 8.49. The molecule has 9 heteroatoms. The predicted octanol–water partition coefficient (Wildman–Crippen LogP) is 3.29. The van der Waals surface area contributed by atoms with Gasteiger partial charge in [0.25, 0.3) is 0 Å².